The van der Waals surface area contributed by atoms with Gasteiger partial charge in [0.05, 0.1) is 0 Å². The van der Waals surface area contributed by atoms with Crippen LogP contribution in [0.3, 0.4) is 0 Å². The summed E-state index contributed by atoms with van der Waals surface area (Å²) in [7, 11) is 0. The van der Waals surface area contributed by atoms with E-state index >= 15 is 0 Å². The first-order valence-corrected chi connectivity index (χ1v) is 6.84. The minimum atomic E-state index is 0.764. The normalized spacial score (nSPS) is 26.0. The van der Waals surface area contributed by atoms with E-state index in [1.165, 1.54) is 35.4 Å². The fourth-order valence-corrected chi connectivity index (χ4v) is 4.15. The molecule has 0 radical (unpaired) electrons. The fraction of sp³-hybridized carbons (Fsp3) is 0.357. The number of fused-ring (bicyclic) bond motifs is 5. The van der Waals surface area contributed by atoms with Gasteiger partial charge in [0.1, 0.15) is 0 Å². The van der Waals surface area contributed by atoms with Gasteiger partial charge in [0.2, 0.25) is 0 Å². The highest BCUT2D eigenvalue weighted by atomic mass is 32.1. The quantitative estimate of drug-likeness (QED) is 0.712. The van der Waals surface area contributed by atoms with Crippen molar-refractivity contribution in [1.82, 2.24) is 4.98 Å². The van der Waals surface area contributed by atoms with Crippen molar-refractivity contribution in [2.45, 2.75) is 31.1 Å². The lowest BCUT2D eigenvalue weighted by Crippen LogP contribution is -2.02. The first kappa shape index (κ1) is 8.94. The lowest BCUT2D eigenvalue weighted by Gasteiger charge is -2.17. The minimum Gasteiger partial charge on any atom is -0.261 e. The molecule has 0 spiro atoms. The molecule has 2 heteroatoms. The van der Waals surface area contributed by atoms with Crippen LogP contribution in [-0.4, -0.2) is 4.98 Å². The summed E-state index contributed by atoms with van der Waals surface area (Å²) in [5.74, 6) is 1.56. The maximum atomic E-state index is 4.62. The zero-order chi connectivity index (χ0) is 10.5. The highest BCUT2D eigenvalue weighted by Gasteiger charge is 2.39. The van der Waals surface area contributed by atoms with E-state index in [1.54, 1.807) is 5.56 Å². The number of thiophene rings is 1. The minimum absolute atomic E-state index is 0.764. The Hall–Kier alpha value is -1.15. The molecule has 0 amide bonds. The highest BCUT2D eigenvalue weighted by molar-refractivity contribution is 7.13. The maximum absolute atomic E-state index is 4.62. The largest absolute Gasteiger partial charge is 0.261 e. The van der Waals surface area contributed by atoms with Crippen LogP contribution in [0.15, 0.2) is 29.8 Å². The van der Waals surface area contributed by atoms with Crippen molar-refractivity contribution in [3.05, 3.63) is 41.0 Å². The average Bonchev–Trinajstić information content (AvgIpc) is 3.06. The zero-order valence-corrected chi connectivity index (χ0v) is 9.83. The van der Waals surface area contributed by atoms with E-state index in [-0.39, 0.29) is 0 Å². The van der Waals surface area contributed by atoms with Gasteiger partial charge in [0, 0.05) is 22.7 Å². The topological polar surface area (TPSA) is 12.9 Å². The van der Waals surface area contributed by atoms with Gasteiger partial charge in [-0.2, -0.15) is 0 Å². The van der Waals surface area contributed by atoms with E-state index in [2.05, 4.69) is 28.6 Å². The van der Waals surface area contributed by atoms with Crippen molar-refractivity contribution in [2.24, 2.45) is 0 Å². The molecular formula is C14H13NS. The van der Waals surface area contributed by atoms with Gasteiger partial charge in [-0.25, -0.2) is 0 Å². The molecule has 2 bridgehead atoms. The van der Waals surface area contributed by atoms with Crippen molar-refractivity contribution in [3.8, 4) is 10.4 Å². The number of rotatable bonds is 1. The van der Waals surface area contributed by atoms with E-state index in [0.717, 1.165) is 11.8 Å². The lowest BCUT2D eigenvalue weighted by atomic mass is 9.91. The Kier molecular flexibility index (Phi) is 1.77. The molecule has 80 valence electrons. The monoisotopic (exact) mass is 227 g/mol. The van der Waals surface area contributed by atoms with Gasteiger partial charge in [0.15, 0.2) is 0 Å². The van der Waals surface area contributed by atoms with Crippen LogP contribution >= 0.6 is 11.3 Å². The van der Waals surface area contributed by atoms with Gasteiger partial charge < -0.3 is 0 Å². The highest BCUT2D eigenvalue weighted by Crippen LogP contribution is 2.54. The Morgan fingerprint density at radius 1 is 1.19 bits per heavy atom. The summed E-state index contributed by atoms with van der Waals surface area (Å²) in [6.07, 6.45) is 6.08. The van der Waals surface area contributed by atoms with Crippen LogP contribution in [0.25, 0.3) is 10.4 Å². The summed E-state index contributed by atoms with van der Waals surface area (Å²) in [6.45, 7) is 0. The van der Waals surface area contributed by atoms with Gasteiger partial charge in [-0.15, -0.1) is 11.3 Å². The van der Waals surface area contributed by atoms with Gasteiger partial charge in [-0.1, -0.05) is 6.07 Å². The molecule has 2 aliphatic carbocycles. The number of hydrogen-bond acceptors (Lipinski definition) is 2. The molecule has 1 saturated carbocycles. The molecule has 0 aliphatic heterocycles. The Bertz CT molecular complexity index is 530. The van der Waals surface area contributed by atoms with Crippen LogP contribution in [-0.2, 0) is 0 Å². The van der Waals surface area contributed by atoms with Crippen LogP contribution in [0.5, 0.6) is 0 Å². The third kappa shape index (κ3) is 1.08. The van der Waals surface area contributed by atoms with E-state index in [4.69, 9.17) is 0 Å². The molecule has 2 heterocycles. The maximum Gasteiger partial charge on any atom is 0.0475 e. The van der Waals surface area contributed by atoms with Crippen LogP contribution in [0.1, 0.15) is 42.4 Å². The summed E-state index contributed by atoms with van der Waals surface area (Å²) in [4.78, 5) is 6.03. The fourth-order valence-electron chi connectivity index (χ4n) is 3.38. The van der Waals surface area contributed by atoms with Crippen molar-refractivity contribution >= 4 is 11.3 Å². The SMILES string of the molecule is c1csc(-c2ccnc3c2C2CCC3C2)c1. The third-order valence-corrected chi connectivity index (χ3v) is 4.94. The second-order valence-electron chi connectivity index (χ2n) is 4.84. The van der Waals surface area contributed by atoms with Gasteiger partial charge in [-0.3, -0.25) is 4.98 Å². The first-order chi connectivity index (χ1) is 7.93. The van der Waals surface area contributed by atoms with E-state index in [9.17, 15) is 0 Å². The van der Waals surface area contributed by atoms with E-state index in [1.807, 2.05) is 17.5 Å². The molecule has 16 heavy (non-hydrogen) atoms. The number of aromatic nitrogens is 1. The first-order valence-electron chi connectivity index (χ1n) is 5.96. The van der Waals surface area contributed by atoms with Crippen molar-refractivity contribution in [3.63, 3.8) is 0 Å². The molecule has 4 rings (SSSR count). The summed E-state index contributed by atoms with van der Waals surface area (Å²) < 4.78 is 0. The molecule has 0 aromatic carbocycles. The Balaban J connectivity index is 1.97. The summed E-state index contributed by atoms with van der Waals surface area (Å²) in [6, 6.07) is 6.57. The molecule has 2 unspecified atom stereocenters. The second kappa shape index (κ2) is 3.17. The molecule has 2 aromatic rings. The standard InChI is InChI=1S/C14H13NS/c1-2-12(16-7-1)11-5-6-15-14-10-4-3-9(8-10)13(11)14/h1-2,5-7,9-10H,3-4,8H2. The Morgan fingerprint density at radius 3 is 3.00 bits per heavy atom. The van der Waals surface area contributed by atoms with Crippen molar-refractivity contribution < 1.29 is 0 Å². The summed E-state index contributed by atoms with van der Waals surface area (Å²) in [5.41, 5.74) is 4.43. The Morgan fingerprint density at radius 2 is 2.12 bits per heavy atom. The average molecular weight is 227 g/mol. The van der Waals surface area contributed by atoms with E-state index in [0.29, 0.717) is 0 Å². The second-order valence-corrected chi connectivity index (χ2v) is 5.79. The predicted molar refractivity (Wildman–Crippen MR) is 66.9 cm³/mol. The van der Waals surface area contributed by atoms with Gasteiger partial charge in [0.25, 0.3) is 0 Å². The number of nitrogens with zero attached hydrogens (tertiary/aromatic N) is 1. The molecule has 1 nitrogen and oxygen atoms in total. The number of hydrogen-bond donors (Lipinski definition) is 0. The summed E-state index contributed by atoms with van der Waals surface area (Å²) in [5, 5.41) is 2.16. The molecule has 0 N–H and O–H groups in total. The van der Waals surface area contributed by atoms with Crippen molar-refractivity contribution in [2.75, 3.05) is 0 Å². The molecular weight excluding hydrogens is 214 g/mol. The zero-order valence-electron chi connectivity index (χ0n) is 9.02. The van der Waals surface area contributed by atoms with Crippen LogP contribution in [0.2, 0.25) is 0 Å². The van der Waals surface area contributed by atoms with E-state index < -0.39 is 0 Å². The molecule has 2 aliphatic rings. The molecule has 0 saturated heterocycles. The van der Waals surface area contributed by atoms with Gasteiger partial charge >= 0.3 is 0 Å². The van der Waals surface area contributed by atoms with Crippen LogP contribution < -0.4 is 0 Å². The number of pyridine rings is 1. The summed E-state index contributed by atoms with van der Waals surface area (Å²) >= 11 is 1.84. The molecule has 2 aromatic heterocycles. The third-order valence-electron chi connectivity index (χ3n) is 4.04. The molecule has 2 atom stereocenters. The smallest absolute Gasteiger partial charge is 0.0475 e. The molecule has 1 fully saturated rings. The van der Waals surface area contributed by atoms with Crippen LogP contribution in [0, 0.1) is 0 Å². The lowest BCUT2D eigenvalue weighted by molar-refractivity contribution is 0.698. The van der Waals surface area contributed by atoms with Crippen LogP contribution in [0.4, 0.5) is 0 Å². The van der Waals surface area contributed by atoms with Gasteiger partial charge in [-0.05, 0) is 53.8 Å². The predicted octanol–water partition coefficient (Wildman–Crippen LogP) is 4.17. The van der Waals surface area contributed by atoms with Crippen molar-refractivity contribution in [1.29, 1.82) is 0 Å². The Labute approximate surface area is 99.2 Å².